The van der Waals surface area contributed by atoms with E-state index in [1.54, 1.807) is 18.3 Å². The van der Waals surface area contributed by atoms with Crippen LogP contribution in [0.2, 0.25) is 0 Å². The highest BCUT2D eigenvalue weighted by Crippen LogP contribution is 2.48. The van der Waals surface area contributed by atoms with Gasteiger partial charge in [0.2, 0.25) is 0 Å². The number of nitrogens with one attached hydrogen (secondary N) is 3. The molecule has 3 N–H and O–H groups in total. The normalized spacial score (nSPS) is 15.1. The number of hydrogen-bond donors (Lipinski definition) is 3. The molecule has 28 heavy (non-hydrogen) atoms. The molecule has 0 saturated heterocycles. The summed E-state index contributed by atoms with van der Waals surface area (Å²) in [5.41, 5.74) is 1.07. The molecule has 6 heteroatoms. The molecule has 1 aliphatic rings. The van der Waals surface area contributed by atoms with Crippen LogP contribution in [-0.2, 0) is 5.41 Å². The molecule has 0 spiro atoms. The molecule has 0 bridgehead atoms. The summed E-state index contributed by atoms with van der Waals surface area (Å²) in [5, 5.41) is 10.0. The molecule has 0 unspecified atom stereocenters. The Bertz CT molecular complexity index is 759. The highest BCUT2D eigenvalue weighted by molar-refractivity contribution is 5.79. The van der Waals surface area contributed by atoms with Gasteiger partial charge in [0.25, 0.3) is 0 Å². The van der Waals surface area contributed by atoms with Crippen molar-refractivity contribution in [3.05, 3.63) is 60.0 Å². The van der Waals surface area contributed by atoms with Crippen molar-refractivity contribution in [1.82, 2.24) is 15.6 Å². The fourth-order valence-corrected chi connectivity index (χ4v) is 3.22. The summed E-state index contributed by atoms with van der Waals surface area (Å²) >= 11 is 0. The largest absolute Gasteiger partial charge is 0.370 e. The fourth-order valence-electron chi connectivity index (χ4n) is 3.22. The Hall–Kier alpha value is -2.63. The average molecular weight is 384 g/mol. The molecule has 2 aromatic rings. The minimum Gasteiger partial charge on any atom is -0.370 e. The van der Waals surface area contributed by atoms with Gasteiger partial charge < -0.3 is 16.0 Å². The van der Waals surface area contributed by atoms with Crippen LogP contribution in [0.15, 0.2) is 53.7 Å². The lowest BCUT2D eigenvalue weighted by atomic mass is 9.96. The maximum atomic E-state index is 13.6. The first kappa shape index (κ1) is 20.1. The van der Waals surface area contributed by atoms with Crippen molar-refractivity contribution < 1.29 is 4.39 Å². The molecule has 3 rings (SSSR count). The zero-order chi connectivity index (χ0) is 19.7. The maximum Gasteiger partial charge on any atom is 0.191 e. The second-order valence-electron chi connectivity index (χ2n) is 7.26. The second kappa shape index (κ2) is 10.1. The van der Waals surface area contributed by atoms with Gasteiger partial charge in [0.1, 0.15) is 11.6 Å². The second-order valence-corrected chi connectivity index (χ2v) is 7.26. The van der Waals surface area contributed by atoms with Gasteiger partial charge >= 0.3 is 0 Å². The van der Waals surface area contributed by atoms with Gasteiger partial charge in [-0.3, -0.25) is 4.99 Å². The monoisotopic (exact) mass is 383 g/mol. The summed E-state index contributed by atoms with van der Waals surface area (Å²) in [4.78, 5) is 9.02. The summed E-state index contributed by atoms with van der Waals surface area (Å²) in [6, 6.07) is 12.8. The van der Waals surface area contributed by atoms with Crippen molar-refractivity contribution in [1.29, 1.82) is 0 Å². The smallest absolute Gasteiger partial charge is 0.191 e. The van der Waals surface area contributed by atoms with E-state index in [1.807, 2.05) is 24.3 Å². The van der Waals surface area contributed by atoms with Crippen LogP contribution < -0.4 is 16.0 Å². The third-order valence-electron chi connectivity index (χ3n) is 5.04. The molecule has 150 valence electrons. The van der Waals surface area contributed by atoms with Crippen molar-refractivity contribution in [3.8, 4) is 0 Å². The summed E-state index contributed by atoms with van der Waals surface area (Å²) in [5.74, 6) is 1.58. The van der Waals surface area contributed by atoms with Gasteiger partial charge in [0, 0.05) is 31.2 Å². The molecule has 1 heterocycles. The predicted octanol–water partition coefficient (Wildman–Crippen LogP) is 3.70. The fraction of sp³-hybridized carbons (Fsp3) is 0.455. The van der Waals surface area contributed by atoms with E-state index in [2.05, 4.69) is 27.9 Å². The van der Waals surface area contributed by atoms with E-state index >= 15 is 0 Å². The van der Waals surface area contributed by atoms with Gasteiger partial charge in [-0.1, -0.05) is 18.2 Å². The van der Waals surface area contributed by atoms with E-state index < -0.39 is 0 Å². The first-order chi connectivity index (χ1) is 13.7. The lowest BCUT2D eigenvalue weighted by molar-refractivity contribution is 0.615. The van der Waals surface area contributed by atoms with Gasteiger partial charge in [0.15, 0.2) is 5.96 Å². The average Bonchev–Trinajstić information content (AvgIpc) is 3.51. The van der Waals surface area contributed by atoms with Gasteiger partial charge in [0.05, 0.1) is 6.54 Å². The van der Waals surface area contributed by atoms with Gasteiger partial charge in [-0.15, -0.1) is 0 Å². The lowest BCUT2D eigenvalue weighted by Gasteiger charge is -2.16. The van der Waals surface area contributed by atoms with Crippen LogP contribution in [-0.4, -0.2) is 37.1 Å². The highest BCUT2D eigenvalue weighted by atomic mass is 19.1. The number of guanidine groups is 1. The van der Waals surface area contributed by atoms with Crippen LogP contribution in [0.4, 0.5) is 10.2 Å². The molecule has 0 amide bonds. The van der Waals surface area contributed by atoms with Gasteiger partial charge in [-0.25, -0.2) is 9.37 Å². The molecule has 1 fully saturated rings. The van der Waals surface area contributed by atoms with E-state index in [0.29, 0.717) is 6.54 Å². The lowest BCUT2D eigenvalue weighted by Crippen LogP contribution is -2.38. The third kappa shape index (κ3) is 5.94. The van der Waals surface area contributed by atoms with Crippen molar-refractivity contribution in [2.24, 2.45) is 4.99 Å². The van der Waals surface area contributed by atoms with Crippen LogP contribution >= 0.6 is 0 Å². The summed E-state index contributed by atoms with van der Waals surface area (Å²) in [6.07, 6.45) is 6.02. The molecular weight excluding hydrogens is 353 g/mol. The number of nitrogens with zero attached hydrogens (tertiary/aromatic N) is 2. The zero-order valence-electron chi connectivity index (χ0n) is 16.5. The zero-order valence-corrected chi connectivity index (χ0v) is 16.5. The number of rotatable bonds is 10. The van der Waals surface area contributed by atoms with Crippen molar-refractivity contribution in [2.75, 3.05) is 31.5 Å². The Kier molecular flexibility index (Phi) is 7.23. The Labute approximate surface area is 166 Å². The molecular formula is C22H30FN5. The first-order valence-electron chi connectivity index (χ1n) is 10.1. The standard InChI is InChI=1S/C22H30FN5/c1-2-24-21(27-15-6-5-14-26-20-10-3-4-13-25-20)28-17-22(11-12-22)18-8-7-9-19(23)16-18/h3-4,7-10,13,16H,2,5-6,11-12,14-15,17H2,1H3,(H,25,26)(H2,24,27,28). The summed E-state index contributed by atoms with van der Waals surface area (Å²) < 4.78 is 13.6. The number of anilines is 1. The molecule has 5 nitrogen and oxygen atoms in total. The van der Waals surface area contributed by atoms with E-state index in [4.69, 9.17) is 4.99 Å². The number of benzene rings is 1. The Balaban J connectivity index is 1.42. The van der Waals surface area contributed by atoms with Crippen LogP contribution in [0.1, 0.15) is 38.2 Å². The highest BCUT2D eigenvalue weighted by Gasteiger charge is 2.44. The van der Waals surface area contributed by atoms with Crippen LogP contribution in [0, 0.1) is 5.82 Å². The third-order valence-corrected chi connectivity index (χ3v) is 5.04. The number of hydrogen-bond acceptors (Lipinski definition) is 3. The topological polar surface area (TPSA) is 61.3 Å². The maximum absolute atomic E-state index is 13.6. The molecule has 0 aliphatic heterocycles. The van der Waals surface area contributed by atoms with Crippen molar-refractivity contribution >= 4 is 11.8 Å². The Morgan fingerprint density at radius 2 is 1.96 bits per heavy atom. The molecule has 1 aliphatic carbocycles. The summed E-state index contributed by atoms with van der Waals surface area (Å²) in [6.45, 7) is 5.33. The molecule has 1 aromatic heterocycles. The van der Waals surface area contributed by atoms with E-state index in [-0.39, 0.29) is 11.2 Å². The van der Waals surface area contributed by atoms with Crippen molar-refractivity contribution in [2.45, 2.75) is 38.0 Å². The van der Waals surface area contributed by atoms with Gasteiger partial charge in [-0.05, 0) is 62.4 Å². The van der Waals surface area contributed by atoms with Gasteiger partial charge in [-0.2, -0.15) is 0 Å². The van der Waals surface area contributed by atoms with Crippen LogP contribution in [0.25, 0.3) is 0 Å². The number of halogens is 1. The van der Waals surface area contributed by atoms with Crippen LogP contribution in [0.3, 0.4) is 0 Å². The minimum atomic E-state index is -0.169. The molecule has 0 atom stereocenters. The molecule has 1 saturated carbocycles. The van der Waals surface area contributed by atoms with Crippen molar-refractivity contribution in [3.63, 3.8) is 0 Å². The number of aliphatic imine (C=N–C) groups is 1. The van der Waals surface area contributed by atoms with E-state index in [0.717, 1.165) is 62.7 Å². The molecule has 0 radical (unpaired) electrons. The number of aromatic nitrogens is 1. The minimum absolute atomic E-state index is 0.0110. The first-order valence-corrected chi connectivity index (χ1v) is 10.1. The Morgan fingerprint density at radius 1 is 1.11 bits per heavy atom. The van der Waals surface area contributed by atoms with Crippen LogP contribution in [0.5, 0.6) is 0 Å². The molecule has 1 aromatic carbocycles. The predicted molar refractivity (Wildman–Crippen MR) is 113 cm³/mol. The number of unbranched alkanes of at least 4 members (excludes halogenated alkanes) is 1. The summed E-state index contributed by atoms with van der Waals surface area (Å²) in [7, 11) is 0. The van der Waals surface area contributed by atoms with E-state index in [1.165, 1.54) is 6.07 Å². The number of pyridine rings is 1. The van der Waals surface area contributed by atoms with E-state index in [9.17, 15) is 4.39 Å². The quantitative estimate of drug-likeness (QED) is 0.333. The SMILES string of the molecule is CCNC(=NCC1(c2cccc(F)c2)CC1)NCCCCNc1ccccn1. The Morgan fingerprint density at radius 3 is 2.68 bits per heavy atom.